The molecule has 0 aromatic carbocycles. The van der Waals surface area contributed by atoms with Crippen molar-refractivity contribution in [2.75, 3.05) is 0 Å². The van der Waals surface area contributed by atoms with Crippen LogP contribution in [0, 0.1) is 0 Å². The lowest BCUT2D eigenvalue weighted by Crippen LogP contribution is -2.45. The minimum absolute atomic E-state index is 0.0552. The molecule has 1 atom stereocenters. The van der Waals surface area contributed by atoms with Gasteiger partial charge in [0.2, 0.25) is 5.82 Å². The van der Waals surface area contributed by atoms with Crippen molar-refractivity contribution in [3.05, 3.63) is 11.6 Å². The largest absolute Gasteiger partial charge is 0.451 e. The van der Waals surface area contributed by atoms with Crippen LogP contribution in [0.15, 0.2) is 0 Å². The van der Waals surface area contributed by atoms with E-state index in [2.05, 4.69) is 15.1 Å². The van der Waals surface area contributed by atoms with Crippen LogP contribution in [-0.2, 0) is 19.3 Å². The van der Waals surface area contributed by atoms with Gasteiger partial charge in [-0.2, -0.15) is 13.2 Å². The zero-order valence-electron chi connectivity index (χ0n) is 9.99. The number of fused-ring (bicyclic) bond motifs is 1. The number of rotatable bonds is 1. The molecule has 1 aliphatic rings. The molecule has 0 N–H and O–H groups in total. The van der Waals surface area contributed by atoms with Gasteiger partial charge in [0.05, 0.1) is 6.54 Å². The van der Waals surface area contributed by atoms with Crippen LogP contribution in [0.2, 0.25) is 0 Å². The summed E-state index contributed by atoms with van der Waals surface area (Å²) in [5.74, 6) is -0.494. The Morgan fingerprint density at radius 3 is 2.47 bits per heavy atom. The Balaban J connectivity index is 2.34. The molecular formula is C10H15F3N4. The molecular weight excluding hydrogens is 233 g/mol. The molecule has 0 bridgehead atoms. The molecule has 4 nitrogen and oxygen atoms in total. The van der Waals surface area contributed by atoms with Crippen molar-refractivity contribution in [3.63, 3.8) is 0 Å². The summed E-state index contributed by atoms with van der Waals surface area (Å²) >= 11 is 0. The van der Waals surface area contributed by atoms with E-state index in [0.29, 0.717) is 12.4 Å². The molecule has 2 rings (SSSR count). The smallest absolute Gasteiger partial charge is 0.305 e. The second-order valence-corrected chi connectivity index (χ2v) is 4.66. The first-order valence-corrected chi connectivity index (χ1v) is 5.55. The van der Waals surface area contributed by atoms with Gasteiger partial charge in [-0.25, -0.2) is 0 Å². The predicted molar refractivity (Wildman–Crippen MR) is 55.2 cm³/mol. The maximum absolute atomic E-state index is 12.7. The highest BCUT2D eigenvalue weighted by Gasteiger charge is 2.40. The number of halogens is 3. The Hall–Kier alpha value is -1.11. The van der Waals surface area contributed by atoms with E-state index < -0.39 is 12.0 Å². The van der Waals surface area contributed by atoms with Gasteiger partial charge in [-0.05, 0) is 20.8 Å². The fourth-order valence-corrected chi connectivity index (χ4v) is 2.23. The standard InChI is InChI=1S/C10H15F3N4/c1-6(2)16-5-8-14-15-9(10(11,12)13)17(8)4-7(16)3/h6-7H,4-5H2,1-3H3. The second-order valence-electron chi connectivity index (χ2n) is 4.66. The first-order valence-electron chi connectivity index (χ1n) is 5.55. The molecule has 0 aliphatic carbocycles. The summed E-state index contributed by atoms with van der Waals surface area (Å²) < 4.78 is 39.1. The van der Waals surface area contributed by atoms with Crippen LogP contribution in [0.4, 0.5) is 13.2 Å². The van der Waals surface area contributed by atoms with Crippen molar-refractivity contribution < 1.29 is 13.2 Å². The third-order valence-corrected chi connectivity index (χ3v) is 3.08. The summed E-state index contributed by atoms with van der Waals surface area (Å²) in [5.41, 5.74) is 0. The van der Waals surface area contributed by atoms with Gasteiger partial charge in [0.25, 0.3) is 0 Å². The average Bonchev–Trinajstić information content (AvgIpc) is 2.57. The quantitative estimate of drug-likeness (QED) is 0.761. The van der Waals surface area contributed by atoms with Crippen molar-refractivity contribution in [2.45, 2.75) is 52.1 Å². The number of aromatic nitrogens is 3. The summed E-state index contributed by atoms with van der Waals surface area (Å²) in [6.45, 7) is 6.67. The van der Waals surface area contributed by atoms with Crippen molar-refractivity contribution in [1.29, 1.82) is 0 Å². The van der Waals surface area contributed by atoms with Gasteiger partial charge in [0.1, 0.15) is 5.82 Å². The Bertz CT molecular complexity index is 410. The number of alkyl halides is 3. The zero-order chi connectivity index (χ0) is 12.8. The third-order valence-electron chi connectivity index (χ3n) is 3.08. The molecule has 0 radical (unpaired) electrons. The summed E-state index contributed by atoms with van der Waals surface area (Å²) in [5, 5.41) is 6.90. The SMILES string of the molecule is CC(C)N1Cc2nnc(C(F)(F)F)n2CC1C. The normalized spacial score (nSPS) is 21.9. The topological polar surface area (TPSA) is 34.0 Å². The zero-order valence-corrected chi connectivity index (χ0v) is 9.99. The molecule has 0 spiro atoms. The molecule has 17 heavy (non-hydrogen) atoms. The lowest BCUT2D eigenvalue weighted by Gasteiger charge is -2.36. The monoisotopic (exact) mass is 248 g/mol. The lowest BCUT2D eigenvalue weighted by molar-refractivity contribution is -0.148. The van der Waals surface area contributed by atoms with E-state index in [-0.39, 0.29) is 18.6 Å². The van der Waals surface area contributed by atoms with Crippen LogP contribution < -0.4 is 0 Å². The van der Waals surface area contributed by atoms with E-state index in [4.69, 9.17) is 0 Å². The molecule has 2 heterocycles. The predicted octanol–water partition coefficient (Wildman–Crippen LogP) is 1.91. The van der Waals surface area contributed by atoms with Crippen molar-refractivity contribution >= 4 is 0 Å². The fourth-order valence-electron chi connectivity index (χ4n) is 2.23. The van der Waals surface area contributed by atoms with E-state index in [9.17, 15) is 13.2 Å². The van der Waals surface area contributed by atoms with Crippen molar-refractivity contribution in [3.8, 4) is 0 Å². The van der Waals surface area contributed by atoms with Gasteiger partial charge in [-0.1, -0.05) is 0 Å². The number of hydrogen-bond donors (Lipinski definition) is 0. The first-order chi connectivity index (χ1) is 7.80. The lowest BCUT2D eigenvalue weighted by atomic mass is 10.1. The molecule has 0 fully saturated rings. The van der Waals surface area contributed by atoms with Gasteiger partial charge >= 0.3 is 6.18 Å². The fraction of sp³-hybridized carbons (Fsp3) is 0.800. The maximum Gasteiger partial charge on any atom is 0.451 e. The van der Waals surface area contributed by atoms with E-state index in [1.807, 2.05) is 20.8 Å². The Kier molecular flexibility index (Phi) is 2.89. The molecule has 1 aromatic rings. The molecule has 1 aliphatic heterocycles. The Morgan fingerprint density at radius 2 is 1.94 bits per heavy atom. The molecule has 96 valence electrons. The van der Waals surface area contributed by atoms with E-state index in [1.165, 1.54) is 4.57 Å². The highest BCUT2D eigenvalue weighted by Crippen LogP contribution is 2.30. The number of hydrogen-bond acceptors (Lipinski definition) is 3. The first kappa shape index (κ1) is 12.3. The average molecular weight is 248 g/mol. The molecule has 7 heteroatoms. The van der Waals surface area contributed by atoms with Crippen molar-refractivity contribution in [2.24, 2.45) is 0 Å². The summed E-state index contributed by atoms with van der Waals surface area (Å²) in [6, 6.07) is 0.337. The molecule has 0 saturated carbocycles. The number of nitrogens with zero attached hydrogens (tertiary/aromatic N) is 4. The molecule has 1 aromatic heterocycles. The summed E-state index contributed by atoms with van der Waals surface area (Å²) in [6.07, 6.45) is -4.43. The van der Waals surface area contributed by atoms with Crippen LogP contribution in [0.25, 0.3) is 0 Å². The van der Waals surface area contributed by atoms with E-state index in [0.717, 1.165) is 0 Å². The van der Waals surface area contributed by atoms with Crippen LogP contribution in [0.3, 0.4) is 0 Å². The third kappa shape index (κ3) is 2.15. The van der Waals surface area contributed by atoms with Crippen LogP contribution in [0.5, 0.6) is 0 Å². The van der Waals surface area contributed by atoms with Gasteiger partial charge in [0.15, 0.2) is 0 Å². The second kappa shape index (κ2) is 3.97. The van der Waals surface area contributed by atoms with Gasteiger partial charge in [0, 0.05) is 18.6 Å². The van der Waals surface area contributed by atoms with Gasteiger partial charge in [-0.3, -0.25) is 4.90 Å². The summed E-state index contributed by atoms with van der Waals surface area (Å²) in [4.78, 5) is 2.12. The summed E-state index contributed by atoms with van der Waals surface area (Å²) in [7, 11) is 0. The molecule has 1 unspecified atom stereocenters. The Labute approximate surface area is 97.4 Å². The highest BCUT2D eigenvalue weighted by molar-refractivity contribution is 5.03. The van der Waals surface area contributed by atoms with E-state index >= 15 is 0 Å². The van der Waals surface area contributed by atoms with Gasteiger partial charge < -0.3 is 4.57 Å². The van der Waals surface area contributed by atoms with Crippen molar-refractivity contribution in [1.82, 2.24) is 19.7 Å². The van der Waals surface area contributed by atoms with Crippen LogP contribution in [0.1, 0.15) is 32.4 Å². The highest BCUT2D eigenvalue weighted by atomic mass is 19.4. The van der Waals surface area contributed by atoms with Crippen LogP contribution in [-0.4, -0.2) is 31.7 Å². The van der Waals surface area contributed by atoms with Crippen LogP contribution >= 0.6 is 0 Å². The maximum atomic E-state index is 12.7. The molecule has 0 amide bonds. The minimum Gasteiger partial charge on any atom is -0.305 e. The Morgan fingerprint density at radius 1 is 1.29 bits per heavy atom. The minimum atomic E-state index is -4.43. The molecule has 0 saturated heterocycles. The van der Waals surface area contributed by atoms with Gasteiger partial charge in [-0.15, -0.1) is 10.2 Å². The van der Waals surface area contributed by atoms with E-state index in [1.54, 1.807) is 0 Å².